The van der Waals surface area contributed by atoms with E-state index in [1.165, 1.54) is 38.6 Å². The molecule has 1 fully saturated rings. The van der Waals surface area contributed by atoms with Crippen molar-refractivity contribution in [3.63, 3.8) is 0 Å². The Morgan fingerprint density at radius 1 is 1.50 bits per heavy atom. The molecule has 0 aromatic carbocycles. The van der Waals surface area contributed by atoms with E-state index in [1.807, 2.05) is 0 Å². The van der Waals surface area contributed by atoms with E-state index < -0.39 is 6.04 Å². The number of hydrogen-bond acceptors (Lipinski definition) is 3. The van der Waals surface area contributed by atoms with Crippen LogP contribution in [0.25, 0.3) is 0 Å². The molecule has 0 radical (unpaired) electrons. The number of nitrogens with one attached hydrogen (secondary N) is 1. The number of rotatable bonds is 6. The van der Waals surface area contributed by atoms with Crippen LogP contribution in [-0.2, 0) is 4.79 Å². The molecule has 0 aromatic heterocycles. The molecular weight excluding hydrogens is 250 g/mol. The summed E-state index contributed by atoms with van der Waals surface area (Å²) in [5.74, 6) is -0.0361. The van der Waals surface area contributed by atoms with Crippen molar-refractivity contribution in [3.8, 4) is 0 Å². The first-order valence-electron chi connectivity index (χ1n) is 6.92. The Hall–Kier alpha value is -0.320. The average Bonchev–Trinajstić information content (AvgIpc) is 2.34. The molecule has 3 N–H and O–H groups in total. The van der Waals surface area contributed by atoms with Gasteiger partial charge in [-0.25, -0.2) is 0 Å². The van der Waals surface area contributed by atoms with Crippen molar-refractivity contribution < 1.29 is 4.79 Å². The third kappa shape index (κ3) is 6.03. The molecule has 1 aliphatic rings. The van der Waals surface area contributed by atoms with Crippen LogP contribution < -0.4 is 11.1 Å². The summed E-state index contributed by atoms with van der Waals surface area (Å²) in [7, 11) is 0. The molecule has 18 heavy (non-hydrogen) atoms. The third-order valence-electron chi connectivity index (χ3n) is 3.47. The van der Waals surface area contributed by atoms with Crippen molar-refractivity contribution in [1.82, 2.24) is 10.2 Å². The predicted octanol–water partition coefficient (Wildman–Crippen LogP) is 1.53. The van der Waals surface area contributed by atoms with Crippen molar-refractivity contribution in [1.29, 1.82) is 0 Å². The fraction of sp³-hybridized carbons (Fsp3) is 0.923. The predicted molar refractivity (Wildman–Crippen MR) is 78.0 cm³/mol. The second-order valence-corrected chi connectivity index (χ2v) is 5.07. The zero-order valence-corrected chi connectivity index (χ0v) is 12.5. The number of carbonyl (C=O) groups is 1. The van der Waals surface area contributed by atoms with E-state index in [-0.39, 0.29) is 18.3 Å². The topological polar surface area (TPSA) is 58.4 Å². The van der Waals surface area contributed by atoms with Crippen molar-refractivity contribution in [2.24, 2.45) is 5.73 Å². The van der Waals surface area contributed by atoms with Crippen molar-refractivity contribution >= 4 is 18.3 Å². The summed E-state index contributed by atoms with van der Waals surface area (Å²) in [6.45, 7) is 7.04. The highest BCUT2D eigenvalue weighted by molar-refractivity contribution is 5.85. The van der Waals surface area contributed by atoms with Gasteiger partial charge in [0.2, 0.25) is 5.91 Å². The summed E-state index contributed by atoms with van der Waals surface area (Å²) in [5.41, 5.74) is 5.54. The van der Waals surface area contributed by atoms with E-state index in [0.717, 1.165) is 13.1 Å². The third-order valence-corrected chi connectivity index (χ3v) is 3.47. The lowest BCUT2D eigenvalue weighted by Crippen LogP contribution is -2.49. The Kier molecular flexibility index (Phi) is 9.42. The normalized spacial score (nSPS) is 22.1. The molecule has 0 saturated carbocycles. The van der Waals surface area contributed by atoms with E-state index in [1.54, 1.807) is 6.92 Å². The first kappa shape index (κ1) is 17.7. The smallest absolute Gasteiger partial charge is 0.236 e. The van der Waals surface area contributed by atoms with Gasteiger partial charge in [-0.3, -0.25) is 9.69 Å². The number of likely N-dealkylation sites (tertiary alicyclic amines) is 1. The van der Waals surface area contributed by atoms with Crippen LogP contribution in [0.5, 0.6) is 0 Å². The Labute approximate surface area is 117 Å². The van der Waals surface area contributed by atoms with E-state index >= 15 is 0 Å². The van der Waals surface area contributed by atoms with Gasteiger partial charge >= 0.3 is 0 Å². The molecule has 0 spiro atoms. The number of unbranched alkanes of at least 4 members (excludes halogenated alkanes) is 1. The quantitative estimate of drug-likeness (QED) is 0.774. The minimum atomic E-state index is -0.400. The van der Waals surface area contributed by atoms with Gasteiger partial charge in [0.25, 0.3) is 0 Å². The van der Waals surface area contributed by atoms with Crippen LogP contribution in [-0.4, -0.2) is 42.5 Å². The van der Waals surface area contributed by atoms with Crippen LogP contribution in [0.2, 0.25) is 0 Å². The molecule has 4 nitrogen and oxygen atoms in total. The van der Waals surface area contributed by atoms with Gasteiger partial charge in [-0.15, -0.1) is 12.4 Å². The fourth-order valence-electron chi connectivity index (χ4n) is 2.33. The van der Waals surface area contributed by atoms with Crippen molar-refractivity contribution in [2.45, 2.75) is 58.0 Å². The molecule has 2 unspecified atom stereocenters. The minimum absolute atomic E-state index is 0. The van der Waals surface area contributed by atoms with E-state index in [0.29, 0.717) is 6.04 Å². The fourth-order valence-corrected chi connectivity index (χ4v) is 2.33. The highest BCUT2D eigenvalue weighted by atomic mass is 35.5. The zero-order valence-electron chi connectivity index (χ0n) is 11.7. The van der Waals surface area contributed by atoms with Gasteiger partial charge in [-0.05, 0) is 39.3 Å². The van der Waals surface area contributed by atoms with Gasteiger partial charge in [-0.2, -0.15) is 0 Å². The van der Waals surface area contributed by atoms with E-state index in [2.05, 4.69) is 17.1 Å². The number of amides is 1. The number of nitrogens with two attached hydrogens (primary N) is 1. The van der Waals surface area contributed by atoms with Crippen LogP contribution in [0.3, 0.4) is 0 Å². The van der Waals surface area contributed by atoms with Gasteiger partial charge in [0.1, 0.15) is 0 Å². The minimum Gasteiger partial charge on any atom is -0.353 e. The van der Waals surface area contributed by atoms with Gasteiger partial charge in [-0.1, -0.05) is 19.8 Å². The highest BCUT2D eigenvalue weighted by Crippen LogP contribution is 2.16. The Morgan fingerprint density at radius 2 is 2.22 bits per heavy atom. The summed E-state index contributed by atoms with van der Waals surface area (Å²) in [6.07, 6.45) is 6.25. The van der Waals surface area contributed by atoms with Crippen molar-refractivity contribution in [2.75, 3.05) is 19.6 Å². The van der Waals surface area contributed by atoms with Gasteiger partial charge in [0, 0.05) is 12.6 Å². The maximum atomic E-state index is 11.5. The SMILES string of the molecule is CCCCN1CCCCC1CNC(=O)C(C)N.Cl. The lowest BCUT2D eigenvalue weighted by molar-refractivity contribution is -0.122. The molecule has 0 aliphatic carbocycles. The summed E-state index contributed by atoms with van der Waals surface area (Å²) in [5, 5.41) is 2.95. The van der Waals surface area contributed by atoms with E-state index in [4.69, 9.17) is 5.73 Å². The molecule has 1 heterocycles. The Morgan fingerprint density at radius 3 is 2.83 bits per heavy atom. The highest BCUT2D eigenvalue weighted by Gasteiger charge is 2.22. The van der Waals surface area contributed by atoms with Crippen LogP contribution >= 0.6 is 12.4 Å². The van der Waals surface area contributed by atoms with Crippen LogP contribution in [0.15, 0.2) is 0 Å². The number of hydrogen-bond donors (Lipinski definition) is 2. The van der Waals surface area contributed by atoms with Crippen LogP contribution in [0.4, 0.5) is 0 Å². The largest absolute Gasteiger partial charge is 0.353 e. The summed E-state index contributed by atoms with van der Waals surface area (Å²) < 4.78 is 0. The Balaban J connectivity index is 0.00000289. The number of halogens is 1. The average molecular weight is 278 g/mol. The Bertz CT molecular complexity index is 236. The molecule has 1 amide bonds. The maximum Gasteiger partial charge on any atom is 0.236 e. The van der Waals surface area contributed by atoms with Gasteiger partial charge < -0.3 is 11.1 Å². The zero-order chi connectivity index (χ0) is 12.7. The molecule has 0 aromatic rings. The maximum absolute atomic E-state index is 11.5. The molecule has 1 aliphatic heterocycles. The first-order chi connectivity index (χ1) is 8.15. The second kappa shape index (κ2) is 9.59. The molecule has 1 saturated heterocycles. The summed E-state index contributed by atoms with van der Waals surface area (Å²) in [4.78, 5) is 14.0. The lowest BCUT2D eigenvalue weighted by Gasteiger charge is -2.35. The van der Waals surface area contributed by atoms with Gasteiger partial charge in [0.05, 0.1) is 6.04 Å². The first-order valence-corrected chi connectivity index (χ1v) is 6.92. The van der Waals surface area contributed by atoms with Crippen LogP contribution in [0, 0.1) is 0 Å². The van der Waals surface area contributed by atoms with Gasteiger partial charge in [0.15, 0.2) is 0 Å². The number of carbonyl (C=O) groups excluding carboxylic acids is 1. The lowest BCUT2D eigenvalue weighted by atomic mass is 10.0. The van der Waals surface area contributed by atoms with Crippen LogP contribution in [0.1, 0.15) is 46.0 Å². The summed E-state index contributed by atoms with van der Waals surface area (Å²) in [6, 6.07) is 0.112. The second-order valence-electron chi connectivity index (χ2n) is 5.07. The molecule has 1 rings (SSSR count). The molecular formula is C13H28ClN3O. The molecule has 5 heteroatoms. The standard InChI is InChI=1S/C13H27N3O.ClH/c1-3-4-8-16-9-6-5-7-12(16)10-15-13(17)11(2)14;/h11-12H,3-10,14H2,1-2H3,(H,15,17);1H. The molecule has 2 atom stereocenters. The summed E-state index contributed by atoms with van der Waals surface area (Å²) >= 11 is 0. The number of piperidine rings is 1. The molecule has 0 bridgehead atoms. The van der Waals surface area contributed by atoms with E-state index in [9.17, 15) is 4.79 Å². The number of nitrogens with zero attached hydrogens (tertiary/aromatic N) is 1. The molecule has 108 valence electrons. The monoisotopic (exact) mass is 277 g/mol. The van der Waals surface area contributed by atoms with Crippen molar-refractivity contribution in [3.05, 3.63) is 0 Å².